The van der Waals surface area contributed by atoms with Crippen molar-refractivity contribution < 1.29 is 4.74 Å². The third-order valence-corrected chi connectivity index (χ3v) is 4.20. The summed E-state index contributed by atoms with van der Waals surface area (Å²) in [5.74, 6) is 1.34. The first-order chi connectivity index (χ1) is 9.31. The molecule has 0 bridgehead atoms. The Morgan fingerprint density at radius 2 is 2.00 bits per heavy atom. The molecule has 1 aromatic heterocycles. The highest BCUT2D eigenvalue weighted by molar-refractivity contribution is 5.44. The van der Waals surface area contributed by atoms with Crippen LogP contribution in [-0.2, 0) is 0 Å². The van der Waals surface area contributed by atoms with Crippen molar-refractivity contribution >= 4 is 5.82 Å². The van der Waals surface area contributed by atoms with Crippen molar-refractivity contribution in [1.29, 1.82) is 0 Å². The van der Waals surface area contributed by atoms with Gasteiger partial charge < -0.3 is 15.0 Å². The van der Waals surface area contributed by atoms with E-state index in [1.165, 1.54) is 45.3 Å². The molecule has 1 aliphatic heterocycles. The lowest BCUT2D eigenvalue weighted by atomic mass is 10.1. The number of hydrogen-bond acceptors (Lipinski definition) is 5. The van der Waals surface area contributed by atoms with Gasteiger partial charge in [0.05, 0.1) is 7.11 Å². The van der Waals surface area contributed by atoms with Crippen molar-refractivity contribution in [2.75, 3.05) is 38.6 Å². The number of nitrogens with one attached hydrogen (secondary N) is 1. The Morgan fingerprint density at radius 3 is 2.68 bits per heavy atom. The molecule has 5 nitrogen and oxygen atoms in total. The minimum atomic E-state index is 0.451. The molecule has 0 spiro atoms. The zero-order valence-electron chi connectivity index (χ0n) is 11.6. The quantitative estimate of drug-likeness (QED) is 0.847. The summed E-state index contributed by atoms with van der Waals surface area (Å²) >= 11 is 0. The van der Waals surface area contributed by atoms with Crippen LogP contribution in [0.25, 0.3) is 0 Å². The summed E-state index contributed by atoms with van der Waals surface area (Å²) in [5, 5.41) is 3.42. The number of rotatable bonds is 6. The fourth-order valence-electron chi connectivity index (χ4n) is 2.85. The lowest BCUT2D eigenvalue weighted by Crippen LogP contribution is -2.32. The number of anilines is 1. The van der Waals surface area contributed by atoms with Gasteiger partial charge in [0.25, 0.3) is 5.88 Å². The maximum atomic E-state index is 5.22. The molecule has 1 aliphatic carbocycles. The monoisotopic (exact) mass is 262 g/mol. The Hall–Kier alpha value is -1.36. The first kappa shape index (κ1) is 12.7. The van der Waals surface area contributed by atoms with Gasteiger partial charge in [-0.25, -0.2) is 9.97 Å². The lowest BCUT2D eigenvalue weighted by molar-refractivity contribution is 0.271. The zero-order chi connectivity index (χ0) is 13.1. The molecular weight excluding hydrogens is 240 g/mol. The lowest BCUT2D eigenvalue weighted by Gasteiger charge is -2.23. The van der Waals surface area contributed by atoms with Crippen LogP contribution in [0.4, 0.5) is 5.82 Å². The number of aromatic nitrogens is 2. The molecule has 1 saturated carbocycles. The Morgan fingerprint density at radius 1 is 1.26 bits per heavy atom. The van der Waals surface area contributed by atoms with Gasteiger partial charge in [-0.15, -0.1) is 0 Å². The molecule has 0 unspecified atom stereocenters. The van der Waals surface area contributed by atoms with E-state index in [0.717, 1.165) is 12.4 Å². The van der Waals surface area contributed by atoms with E-state index >= 15 is 0 Å². The van der Waals surface area contributed by atoms with Crippen LogP contribution < -0.4 is 10.1 Å². The van der Waals surface area contributed by atoms with Crippen LogP contribution in [0.2, 0.25) is 0 Å². The average Bonchev–Trinajstić information content (AvgIpc) is 3.01. The molecule has 1 N–H and O–H groups in total. The van der Waals surface area contributed by atoms with E-state index in [0.29, 0.717) is 11.3 Å². The molecule has 2 aliphatic rings. The summed E-state index contributed by atoms with van der Waals surface area (Å²) in [6, 6.07) is 0. The van der Waals surface area contributed by atoms with Gasteiger partial charge in [0.1, 0.15) is 0 Å². The van der Waals surface area contributed by atoms with Crippen molar-refractivity contribution in [1.82, 2.24) is 14.9 Å². The van der Waals surface area contributed by atoms with E-state index in [9.17, 15) is 0 Å². The molecule has 3 rings (SSSR count). The van der Waals surface area contributed by atoms with E-state index in [-0.39, 0.29) is 0 Å². The van der Waals surface area contributed by atoms with Gasteiger partial charge in [0.2, 0.25) is 0 Å². The zero-order valence-corrected chi connectivity index (χ0v) is 11.6. The van der Waals surface area contributed by atoms with Crippen molar-refractivity contribution in [3.8, 4) is 5.88 Å². The van der Waals surface area contributed by atoms with Crippen LogP contribution in [0.1, 0.15) is 25.7 Å². The minimum absolute atomic E-state index is 0.451. The topological polar surface area (TPSA) is 50.3 Å². The molecule has 0 amide bonds. The van der Waals surface area contributed by atoms with E-state index in [4.69, 9.17) is 4.74 Å². The molecule has 2 heterocycles. The number of methoxy groups -OCH3 is 1. The van der Waals surface area contributed by atoms with Crippen LogP contribution >= 0.6 is 0 Å². The maximum Gasteiger partial charge on any atom is 0.257 e. The highest BCUT2D eigenvalue weighted by atomic mass is 16.5. The normalized spacial score (nSPS) is 21.3. The van der Waals surface area contributed by atoms with Gasteiger partial charge in [0.15, 0.2) is 5.82 Å². The van der Waals surface area contributed by atoms with Crippen LogP contribution in [0, 0.1) is 5.41 Å². The molecule has 104 valence electrons. The van der Waals surface area contributed by atoms with Gasteiger partial charge in [-0.2, -0.15) is 0 Å². The molecule has 1 aromatic rings. The Kier molecular flexibility index (Phi) is 3.55. The van der Waals surface area contributed by atoms with Crippen LogP contribution in [0.5, 0.6) is 5.88 Å². The van der Waals surface area contributed by atoms with Crippen LogP contribution in [-0.4, -0.2) is 48.2 Å². The smallest absolute Gasteiger partial charge is 0.257 e. The van der Waals surface area contributed by atoms with Gasteiger partial charge >= 0.3 is 0 Å². The van der Waals surface area contributed by atoms with E-state index in [1.54, 1.807) is 19.5 Å². The second-order valence-corrected chi connectivity index (χ2v) is 5.75. The van der Waals surface area contributed by atoms with Crippen molar-refractivity contribution in [2.45, 2.75) is 25.7 Å². The van der Waals surface area contributed by atoms with Crippen LogP contribution in [0.3, 0.4) is 0 Å². The summed E-state index contributed by atoms with van der Waals surface area (Å²) in [6.45, 7) is 4.74. The third-order valence-electron chi connectivity index (χ3n) is 4.20. The summed E-state index contributed by atoms with van der Waals surface area (Å²) < 4.78 is 5.22. The summed E-state index contributed by atoms with van der Waals surface area (Å²) in [7, 11) is 1.63. The number of likely N-dealkylation sites (tertiary alicyclic amines) is 1. The molecule has 0 atom stereocenters. The molecular formula is C14H22N4O. The maximum absolute atomic E-state index is 5.22. The SMILES string of the molecule is COc1nccnc1NCC1(CN2CCCC2)CC1. The largest absolute Gasteiger partial charge is 0.478 e. The van der Waals surface area contributed by atoms with Gasteiger partial charge in [-0.3, -0.25) is 0 Å². The Bertz CT molecular complexity index is 427. The van der Waals surface area contributed by atoms with Gasteiger partial charge in [-0.05, 0) is 38.8 Å². The van der Waals surface area contributed by atoms with Crippen molar-refractivity contribution in [3.05, 3.63) is 12.4 Å². The molecule has 0 aromatic carbocycles. The van der Waals surface area contributed by atoms with Gasteiger partial charge in [0, 0.05) is 30.9 Å². The summed E-state index contributed by atoms with van der Waals surface area (Å²) in [4.78, 5) is 11.1. The Labute approximate surface area is 114 Å². The molecule has 5 heteroatoms. The highest BCUT2D eigenvalue weighted by Gasteiger charge is 2.44. The summed E-state index contributed by atoms with van der Waals surface area (Å²) in [5.41, 5.74) is 0.451. The van der Waals surface area contributed by atoms with Crippen molar-refractivity contribution in [2.24, 2.45) is 5.41 Å². The average molecular weight is 262 g/mol. The summed E-state index contributed by atoms with van der Waals surface area (Å²) in [6.07, 6.45) is 8.72. The van der Waals surface area contributed by atoms with E-state index < -0.39 is 0 Å². The van der Waals surface area contributed by atoms with E-state index in [1.807, 2.05) is 0 Å². The third kappa shape index (κ3) is 2.97. The van der Waals surface area contributed by atoms with Crippen molar-refractivity contribution in [3.63, 3.8) is 0 Å². The first-order valence-electron chi connectivity index (χ1n) is 7.13. The molecule has 0 radical (unpaired) electrons. The standard InChI is InChI=1S/C14H22N4O/c1-19-13-12(15-6-7-16-13)17-10-14(4-5-14)11-18-8-2-3-9-18/h6-7H,2-5,8-11H2,1H3,(H,15,17). The molecule has 1 saturated heterocycles. The number of ether oxygens (including phenoxy) is 1. The fraction of sp³-hybridized carbons (Fsp3) is 0.714. The number of hydrogen-bond donors (Lipinski definition) is 1. The van der Waals surface area contributed by atoms with Gasteiger partial charge in [-0.1, -0.05) is 0 Å². The van der Waals surface area contributed by atoms with Crippen LogP contribution in [0.15, 0.2) is 12.4 Å². The fourth-order valence-corrected chi connectivity index (χ4v) is 2.85. The predicted molar refractivity (Wildman–Crippen MR) is 74.4 cm³/mol. The first-order valence-corrected chi connectivity index (χ1v) is 7.13. The molecule has 2 fully saturated rings. The number of nitrogens with zero attached hydrogens (tertiary/aromatic N) is 3. The predicted octanol–water partition coefficient (Wildman–Crippen LogP) is 1.77. The second-order valence-electron chi connectivity index (χ2n) is 5.75. The van der Waals surface area contributed by atoms with E-state index in [2.05, 4.69) is 20.2 Å². The Balaban J connectivity index is 1.56. The highest BCUT2D eigenvalue weighted by Crippen LogP contribution is 2.46. The second kappa shape index (κ2) is 5.33. The minimum Gasteiger partial charge on any atom is -0.478 e. The molecule has 19 heavy (non-hydrogen) atoms.